The average Bonchev–Trinajstić information content (AvgIpc) is 2.98. The van der Waals surface area contributed by atoms with Gasteiger partial charge in [0.05, 0.1) is 18.9 Å². The number of benzene rings is 1. The molecule has 1 aromatic carbocycles. The lowest BCUT2D eigenvalue weighted by Crippen LogP contribution is -2.29. The van der Waals surface area contributed by atoms with Crippen LogP contribution in [0.25, 0.3) is 11.2 Å². The minimum atomic E-state index is -0.725. The van der Waals surface area contributed by atoms with Crippen LogP contribution in [0.3, 0.4) is 0 Å². The number of hydrazone groups is 1. The minimum absolute atomic E-state index is 0.118. The van der Waals surface area contributed by atoms with Crippen LogP contribution in [0.15, 0.2) is 39.0 Å². The normalized spacial score (nSPS) is 12.6. The molecule has 0 fully saturated rings. The van der Waals surface area contributed by atoms with Crippen molar-refractivity contribution in [3.05, 3.63) is 50.7 Å². The van der Waals surface area contributed by atoms with Gasteiger partial charge in [-0.1, -0.05) is 12.1 Å². The van der Waals surface area contributed by atoms with Crippen molar-refractivity contribution in [3.63, 3.8) is 0 Å². The molecule has 2 heterocycles. The van der Waals surface area contributed by atoms with Crippen LogP contribution >= 0.6 is 0 Å². The van der Waals surface area contributed by atoms with Crippen molar-refractivity contribution < 1.29 is 5.11 Å². The molecule has 0 aliphatic rings. The maximum absolute atomic E-state index is 12.3. The van der Waals surface area contributed by atoms with Crippen molar-refractivity contribution in [1.82, 2.24) is 19.1 Å². The van der Waals surface area contributed by atoms with E-state index in [1.807, 2.05) is 43.3 Å². The Morgan fingerprint density at radius 1 is 1.32 bits per heavy atom. The fourth-order valence-corrected chi connectivity index (χ4v) is 2.78. The van der Waals surface area contributed by atoms with Gasteiger partial charge in [-0.15, -0.1) is 0 Å². The highest BCUT2D eigenvalue weighted by Crippen LogP contribution is 2.16. The highest BCUT2D eigenvalue weighted by Gasteiger charge is 2.18. The first-order valence-corrected chi connectivity index (χ1v) is 8.72. The molecule has 0 aliphatic heterocycles. The molecule has 148 valence electrons. The van der Waals surface area contributed by atoms with Crippen molar-refractivity contribution in [2.24, 2.45) is 12.1 Å². The third-order valence-electron chi connectivity index (χ3n) is 4.24. The van der Waals surface area contributed by atoms with Crippen LogP contribution in [-0.4, -0.2) is 50.6 Å². The third-order valence-corrected chi connectivity index (χ3v) is 4.24. The van der Waals surface area contributed by atoms with Crippen molar-refractivity contribution >= 4 is 29.0 Å². The summed E-state index contributed by atoms with van der Waals surface area (Å²) in [7, 11) is 5.44. The van der Waals surface area contributed by atoms with E-state index in [1.54, 1.807) is 13.1 Å². The molecular weight excluding hydrogens is 362 g/mol. The zero-order chi connectivity index (χ0) is 20.4. The molecule has 3 rings (SSSR count). The minimum Gasteiger partial charge on any atom is -0.392 e. The van der Waals surface area contributed by atoms with Crippen LogP contribution in [-0.2, 0) is 13.6 Å². The van der Waals surface area contributed by atoms with E-state index in [9.17, 15) is 14.7 Å². The molecule has 0 saturated heterocycles. The fraction of sp³-hybridized carbons (Fsp3) is 0.333. The Hall–Kier alpha value is -3.40. The second-order valence-corrected chi connectivity index (χ2v) is 6.74. The van der Waals surface area contributed by atoms with E-state index in [0.29, 0.717) is 0 Å². The molecule has 0 amide bonds. The number of hydrogen-bond acceptors (Lipinski definition) is 7. The summed E-state index contributed by atoms with van der Waals surface area (Å²) in [5.74, 6) is 0.253. The van der Waals surface area contributed by atoms with Gasteiger partial charge in [0.1, 0.15) is 0 Å². The van der Waals surface area contributed by atoms with Crippen molar-refractivity contribution in [2.45, 2.75) is 19.6 Å². The summed E-state index contributed by atoms with van der Waals surface area (Å²) in [6, 6.07) is 7.79. The van der Waals surface area contributed by atoms with Crippen molar-refractivity contribution in [3.8, 4) is 0 Å². The molecule has 0 spiro atoms. The number of aliphatic hydroxyl groups excluding tert-OH is 1. The van der Waals surface area contributed by atoms with E-state index >= 15 is 0 Å². The van der Waals surface area contributed by atoms with Crippen LogP contribution in [0.4, 0.5) is 11.6 Å². The maximum atomic E-state index is 12.3. The number of hydrogen-bond donors (Lipinski definition) is 3. The van der Waals surface area contributed by atoms with E-state index in [2.05, 4.69) is 20.5 Å². The summed E-state index contributed by atoms with van der Waals surface area (Å²) >= 11 is 0. The first kappa shape index (κ1) is 19.4. The van der Waals surface area contributed by atoms with Gasteiger partial charge in [-0.3, -0.25) is 14.3 Å². The number of fused-ring (bicyclic) bond motifs is 1. The quantitative estimate of drug-likeness (QED) is 0.415. The molecule has 10 nitrogen and oxygen atoms in total. The summed E-state index contributed by atoms with van der Waals surface area (Å²) in [5, 5.41) is 14.0. The summed E-state index contributed by atoms with van der Waals surface area (Å²) in [6.07, 6.45) is 0.895. The van der Waals surface area contributed by atoms with Crippen LogP contribution in [0.2, 0.25) is 0 Å². The Morgan fingerprint density at radius 3 is 2.61 bits per heavy atom. The summed E-state index contributed by atoms with van der Waals surface area (Å²) in [6.45, 7) is 1.72. The Morgan fingerprint density at radius 2 is 2.00 bits per heavy atom. The van der Waals surface area contributed by atoms with Gasteiger partial charge in [0.15, 0.2) is 11.2 Å². The van der Waals surface area contributed by atoms with Crippen molar-refractivity contribution in [1.29, 1.82) is 0 Å². The number of aromatic amines is 1. The van der Waals surface area contributed by atoms with E-state index < -0.39 is 17.4 Å². The number of aryl methyl sites for hydroxylation is 1. The second-order valence-electron chi connectivity index (χ2n) is 6.74. The standard InChI is InChI=1S/C18H23N7O3/c1-11(26)10-25-14-15(24(4)18(28)21-16(14)27)20-17(25)22-19-9-12-5-7-13(8-6-12)23(2)3/h5-9,11,26H,10H2,1-4H3,(H,20,22)(H,21,27,28)/b19-9-/t11-/m0/s1. The Balaban J connectivity index is 1.95. The molecule has 0 radical (unpaired) electrons. The smallest absolute Gasteiger partial charge is 0.329 e. The fourth-order valence-electron chi connectivity index (χ4n) is 2.78. The van der Waals surface area contributed by atoms with Crippen molar-refractivity contribution in [2.75, 3.05) is 24.4 Å². The zero-order valence-electron chi connectivity index (χ0n) is 16.2. The molecule has 28 heavy (non-hydrogen) atoms. The predicted octanol–water partition coefficient (Wildman–Crippen LogP) is 0.316. The highest BCUT2D eigenvalue weighted by molar-refractivity contribution is 5.81. The van der Waals surface area contributed by atoms with Gasteiger partial charge in [-0.2, -0.15) is 10.1 Å². The topological polar surface area (TPSA) is 121 Å². The molecule has 3 N–H and O–H groups in total. The summed E-state index contributed by atoms with van der Waals surface area (Å²) < 4.78 is 2.74. The molecular formula is C18H23N7O3. The van der Waals surface area contributed by atoms with Gasteiger partial charge in [-0.05, 0) is 24.6 Å². The molecule has 1 atom stereocenters. The molecule has 0 unspecified atom stereocenters. The van der Waals surface area contributed by atoms with E-state index in [4.69, 9.17) is 0 Å². The monoisotopic (exact) mass is 385 g/mol. The summed E-state index contributed by atoms with van der Waals surface area (Å²) in [4.78, 5) is 32.7. The lowest BCUT2D eigenvalue weighted by Gasteiger charge is -2.11. The van der Waals surface area contributed by atoms with E-state index in [1.165, 1.54) is 16.2 Å². The lowest BCUT2D eigenvalue weighted by molar-refractivity contribution is 0.175. The van der Waals surface area contributed by atoms with Crippen LogP contribution in [0.1, 0.15) is 12.5 Å². The first-order chi connectivity index (χ1) is 13.3. The number of imidazole rings is 1. The van der Waals surface area contributed by atoms with Gasteiger partial charge >= 0.3 is 5.69 Å². The number of H-pyrrole nitrogens is 1. The Labute approximate surface area is 160 Å². The molecule has 0 saturated carbocycles. The van der Waals surface area contributed by atoms with E-state index in [0.717, 1.165) is 11.3 Å². The molecule has 0 bridgehead atoms. The van der Waals surface area contributed by atoms with Gasteiger partial charge in [0.25, 0.3) is 5.56 Å². The van der Waals surface area contributed by atoms with Gasteiger partial charge in [0, 0.05) is 26.8 Å². The van der Waals surface area contributed by atoms with Crippen LogP contribution in [0.5, 0.6) is 0 Å². The largest absolute Gasteiger partial charge is 0.392 e. The number of nitrogens with zero attached hydrogens (tertiary/aromatic N) is 5. The van der Waals surface area contributed by atoms with E-state index in [-0.39, 0.29) is 23.7 Å². The van der Waals surface area contributed by atoms with Crippen LogP contribution < -0.4 is 21.6 Å². The van der Waals surface area contributed by atoms with Gasteiger partial charge < -0.3 is 14.6 Å². The Bertz CT molecular complexity index is 1120. The average molecular weight is 385 g/mol. The number of rotatable bonds is 6. The number of anilines is 2. The SMILES string of the molecule is C[C@H](O)Cn1c(N/N=C\c2ccc(N(C)C)cc2)nc2c1c(=O)[nH]c(=O)n2C. The highest BCUT2D eigenvalue weighted by atomic mass is 16.3. The lowest BCUT2D eigenvalue weighted by atomic mass is 10.2. The molecule has 3 aromatic rings. The number of aromatic nitrogens is 4. The first-order valence-electron chi connectivity index (χ1n) is 8.72. The number of nitrogens with one attached hydrogen (secondary N) is 2. The van der Waals surface area contributed by atoms with Gasteiger partial charge in [0.2, 0.25) is 5.95 Å². The predicted molar refractivity (Wildman–Crippen MR) is 109 cm³/mol. The Kier molecular flexibility index (Phi) is 5.32. The number of aliphatic hydroxyl groups is 1. The molecule has 2 aromatic heterocycles. The molecule has 0 aliphatic carbocycles. The maximum Gasteiger partial charge on any atom is 0.329 e. The molecule has 10 heteroatoms. The second kappa shape index (κ2) is 7.69. The summed E-state index contributed by atoms with van der Waals surface area (Å²) in [5.41, 5.74) is 4.02. The van der Waals surface area contributed by atoms with Gasteiger partial charge in [-0.25, -0.2) is 10.2 Å². The zero-order valence-corrected chi connectivity index (χ0v) is 16.2. The van der Waals surface area contributed by atoms with Crippen LogP contribution in [0, 0.1) is 0 Å². The third kappa shape index (κ3) is 3.81.